The Bertz CT molecular complexity index is 610. The first-order valence-electron chi connectivity index (χ1n) is 6.93. The van der Waals surface area contributed by atoms with E-state index in [1.807, 2.05) is 6.07 Å². The molecule has 0 bridgehead atoms. The molecule has 102 valence electrons. The van der Waals surface area contributed by atoms with Gasteiger partial charge in [0.2, 0.25) is 0 Å². The van der Waals surface area contributed by atoms with Crippen molar-refractivity contribution in [2.75, 3.05) is 5.73 Å². The van der Waals surface area contributed by atoms with Crippen molar-refractivity contribution in [3.63, 3.8) is 0 Å². The van der Waals surface area contributed by atoms with Crippen molar-refractivity contribution in [3.8, 4) is 0 Å². The lowest BCUT2D eigenvalue weighted by Gasteiger charge is -2.30. The van der Waals surface area contributed by atoms with Gasteiger partial charge >= 0.3 is 0 Å². The van der Waals surface area contributed by atoms with E-state index in [-0.39, 0.29) is 10.8 Å². The van der Waals surface area contributed by atoms with Crippen LogP contribution in [0.3, 0.4) is 0 Å². The second-order valence-corrected chi connectivity index (χ2v) is 7.50. The van der Waals surface area contributed by atoms with Crippen molar-refractivity contribution in [2.24, 2.45) is 0 Å². The first kappa shape index (κ1) is 13.9. The lowest BCUT2D eigenvalue weighted by atomic mass is 9.74. The van der Waals surface area contributed by atoms with E-state index in [1.165, 1.54) is 21.9 Å². The van der Waals surface area contributed by atoms with Gasteiger partial charge in [-0.05, 0) is 44.9 Å². The minimum Gasteiger partial charge on any atom is -0.399 e. The minimum absolute atomic E-state index is 0.140. The molecule has 1 heteroatoms. The normalized spacial score (nSPS) is 12.9. The van der Waals surface area contributed by atoms with Gasteiger partial charge in [0.1, 0.15) is 0 Å². The van der Waals surface area contributed by atoms with Crippen molar-refractivity contribution in [1.29, 1.82) is 0 Å². The number of nitrogen functional groups attached to an aromatic ring is 1. The number of nitrogens with two attached hydrogens (primary N) is 1. The standard InChI is InChI=1S/C18H25N/c1-17(2,3)15-10-12-7-8-14(19)9-13(12)11-16(15)18(4,5)6/h7-11H,19H2,1-6H3. The molecule has 0 aliphatic heterocycles. The smallest absolute Gasteiger partial charge is 0.0320 e. The monoisotopic (exact) mass is 255 g/mol. The molecular formula is C18H25N. The predicted octanol–water partition coefficient (Wildman–Crippen LogP) is 5.02. The summed E-state index contributed by atoms with van der Waals surface area (Å²) in [6.45, 7) is 13.7. The zero-order valence-corrected chi connectivity index (χ0v) is 13.0. The van der Waals surface area contributed by atoms with E-state index in [2.05, 4.69) is 65.8 Å². The van der Waals surface area contributed by atoms with Crippen LogP contribution in [-0.4, -0.2) is 0 Å². The topological polar surface area (TPSA) is 26.0 Å². The maximum atomic E-state index is 5.91. The fourth-order valence-electron chi connectivity index (χ4n) is 2.56. The van der Waals surface area contributed by atoms with Gasteiger partial charge in [0.05, 0.1) is 0 Å². The third-order valence-corrected chi connectivity index (χ3v) is 3.62. The van der Waals surface area contributed by atoms with Crippen LogP contribution in [0.15, 0.2) is 30.3 Å². The van der Waals surface area contributed by atoms with Gasteiger partial charge in [0, 0.05) is 5.69 Å². The number of anilines is 1. The van der Waals surface area contributed by atoms with Crippen LogP contribution < -0.4 is 5.73 Å². The molecule has 2 rings (SSSR count). The van der Waals surface area contributed by atoms with Gasteiger partial charge in [-0.3, -0.25) is 0 Å². The molecule has 19 heavy (non-hydrogen) atoms. The van der Waals surface area contributed by atoms with Gasteiger partial charge in [-0.25, -0.2) is 0 Å². The van der Waals surface area contributed by atoms with E-state index in [0.717, 1.165) is 5.69 Å². The van der Waals surface area contributed by atoms with Crippen LogP contribution >= 0.6 is 0 Å². The van der Waals surface area contributed by atoms with E-state index < -0.39 is 0 Å². The molecule has 0 aliphatic rings. The molecule has 0 saturated heterocycles. The molecule has 2 N–H and O–H groups in total. The summed E-state index contributed by atoms with van der Waals surface area (Å²) >= 11 is 0. The van der Waals surface area contributed by atoms with Gasteiger partial charge < -0.3 is 5.73 Å². The Morgan fingerprint density at radius 3 is 1.63 bits per heavy atom. The summed E-state index contributed by atoms with van der Waals surface area (Å²) in [5.74, 6) is 0. The molecule has 0 aliphatic carbocycles. The Morgan fingerprint density at radius 2 is 1.16 bits per heavy atom. The summed E-state index contributed by atoms with van der Waals surface area (Å²) in [4.78, 5) is 0. The lowest BCUT2D eigenvalue weighted by Crippen LogP contribution is -2.21. The average Bonchev–Trinajstić information content (AvgIpc) is 2.24. The van der Waals surface area contributed by atoms with E-state index in [0.29, 0.717) is 0 Å². The molecule has 0 spiro atoms. The Hall–Kier alpha value is -1.50. The van der Waals surface area contributed by atoms with Crippen LogP contribution in [0.25, 0.3) is 10.8 Å². The van der Waals surface area contributed by atoms with Gasteiger partial charge in [0.15, 0.2) is 0 Å². The Labute approximate surface area is 116 Å². The van der Waals surface area contributed by atoms with E-state index in [4.69, 9.17) is 5.73 Å². The highest BCUT2D eigenvalue weighted by Gasteiger charge is 2.25. The second-order valence-electron chi connectivity index (χ2n) is 7.50. The molecule has 0 radical (unpaired) electrons. The molecule has 2 aromatic rings. The van der Waals surface area contributed by atoms with Crippen molar-refractivity contribution in [2.45, 2.75) is 52.4 Å². The second kappa shape index (κ2) is 4.26. The summed E-state index contributed by atoms with van der Waals surface area (Å²) in [5, 5.41) is 2.50. The van der Waals surface area contributed by atoms with Crippen molar-refractivity contribution in [3.05, 3.63) is 41.5 Å². The van der Waals surface area contributed by atoms with Gasteiger partial charge in [0.25, 0.3) is 0 Å². The van der Waals surface area contributed by atoms with Crippen molar-refractivity contribution < 1.29 is 0 Å². The van der Waals surface area contributed by atoms with Gasteiger partial charge in [-0.1, -0.05) is 59.7 Å². The highest BCUT2D eigenvalue weighted by molar-refractivity contribution is 5.87. The summed E-state index contributed by atoms with van der Waals surface area (Å²) in [7, 11) is 0. The molecule has 0 aromatic heterocycles. The molecular weight excluding hydrogens is 230 g/mol. The molecule has 0 saturated carbocycles. The minimum atomic E-state index is 0.140. The molecule has 0 unspecified atom stereocenters. The average molecular weight is 255 g/mol. The summed E-state index contributed by atoms with van der Waals surface area (Å²) < 4.78 is 0. The Morgan fingerprint density at radius 1 is 0.684 bits per heavy atom. The summed E-state index contributed by atoms with van der Waals surface area (Å²) in [5.41, 5.74) is 9.87. The highest BCUT2D eigenvalue weighted by Crippen LogP contribution is 2.37. The molecule has 0 amide bonds. The first-order chi connectivity index (χ1) is 8.59. The van der Waals surface area contributed by atoms with Crippen LogP contribution in [0.4, 0.5) is 5.69 Å². The SMILES string of the molecule is CC(C)(C)c1cc2ccc(N)cc2cc1C(C)(C)C. The van der Waals surface area contributed by atoms with E-state index in [1.54, 1.807) is 0 Å². The molecule has 0 heterocycles. The molecule has 0 atom stereocenters. The third-order valence-electron chi connectivity index (χ3n) is 3.62. The zero-order chi connectivity index (χ0) is 14.4. The van der Waals surface area contributed by atoms with Crippen LogP contribution in [0, 0.1) is 0 Å². The van der Waals surface area contributed by atoms with Crippen LogP contribution in [0.1, 0.15) is 52.7 Å². The maximum absolute atomic E-state index is 5.91. The van der Waals surface area contributed by atoms with Gasteiger partial charge in [-0.15, -0.1) is 0 Å². The Balaban J connectivity index is 2.82. The maximum Gasteiger partial charge on any atom is 0.0320 e. The van der Waals surface area contributed by atoms with Crippen molar-refractivity contribution in [1.82, 2.24) is 0 Å². The van der Waals surface area contributed by atoms with E-state index >= 15 is 0 Å². The highest BCUT2D eigenvalue weighted by atomic mass is 14.5. The third kappa shape index (κ3) is 2.75. The number of rotatable bonds is 0. The van der Waals surface area contributed by atoms with Crippen LogP contribution in [-0.2, 0) is 10.8 Å². The van der Waals surface area contributed by atoms with Crippen LogP contribution in [0.5, 0.6) is 0 Å². The first-order valence-corrected chi connectivity index (χ1v) is 6.93. The molecule has 2 aromatic carbocycles. The Kier molecular flexibility index (Phi) is 3.12. The summed E-state index contributed by atoms with van der Waals surface area (Å²) in [6.07, 6.45) is 0. The van der Waals surface area contributed by atoms with Crippen molar-refractivity contribution >= 4 is 16.5 Å². The fourth-order valence-corrected chi connectivity index (χ4v) is 2.56. The quantitative estimate of drug-likeness (QED) is 0.657. The molecule has 1 nitrogen and oxygen atoms in total. The number of fused-ring (bicyclic) bond motifs is 1. The molecule has 0 fully saturated rings. The van der Waals surface area contributed by atoms with Crippen LogP contribution in [0.2, 0.25) is 0 Å². The lowest BCUT2D eigenvalue weighted by molar-refractivity contribution is 0.531. The predicted molar refractivity (Wildman–Crippen MR) is 85.8 cm³/mol. The van der Waals surface area contributed by atoms with Gasteiger partial charge in [-0.2, -0.15) is 0 Å². The van der Waals surface area contributed by atoms with E-state index in [9.17, 15) is 0 Å². The largest absolute Gasteiger partial charge is 0.399 e. The number of hydrogen-bond donors (Lipinski definition) is 1. The zero-order valence-electron chi connectivity index (χ0n) is 13.0. The summed E-state index contributed by atoms with van der Waals surface area (Å²) in [6, 6.07) is 10.8. The fraction of sp³-hybridized carbons (Fsp3) is 0.444. The number of hydrogen-bond acceptors (Lipinski definition) is 1. The number of benzene rings is 2.